The molecule has 0 aromatic heterocycles. The number of hydrogen-bond donors (Lipinski definition) is 1. The van der Waals surface area contributed by atoms with E-state index < -0.39 is 0 Å². The van der Waals surface area contributed by atoms with Gasteiger partial charge in [0.2, 0.25) is 0 Å². The van der Waals surface area contributed by atoms with Crippen LogP contribution < -0.4 is 10.1 Å². The Balaban J connectivity index is 1.57. The number of aryl methyl sites for hydroxylation is 1. The second-order valence-electron chi connectivity index (χ2n) is 6.98. The summed E-state index contributed by atoms with van der Waals surface area (Å²) in [5.74, 6) is 3.10. The predicted molar refractivity (Wildman–Crippen MR) is 81.0 cm³/mol. The molecule has 2 fully saturated rings. The molecule has 2 nitrogen and oxygen atoms in total. The van der Waals surface area contributed by atoms with Gasteiger partial charge in [0, 0.05) is 17.6 Å². The Morgan fingerprint density at radius 3 is 2.90 bits per heavy atom. The topological polar surface area (TPSA) is 21.3 Å². The standard InChI is InChI=1S/C18H25NO/c1-12-4-2-5-15-16(6-3-9-20-18(12)15)19-17-11-13-7-8-14(17)10-13/h2,4-5,13-14,16-17,19H,3,6-11H2,1H3. The van der Waals surface area contributed by atoms with Crippen molar-refractivity contribution in [2.45, 2.75) is 57.5 Å². The van der Waals surface area contributed by atoms with Crippen LogP contribution in [-0.4, -0.2) is 12.6 Å². The summed E-state index contributed by atoms with van der Waals surface area (Å²) in [5.41, 5.74) is 2.68. The van der Waals surface area contributed by atoms with Crippen molar-refractivity contribution in [3.05, 3.63) is 29.3 Å². The molecule has 20 heavy (non-hydrogen) atoms. The summed E-state index contributed by atoms with van der Waals surface area (Å²) in [6.07, 6.45) is 8.18. The fourth-order valence-electron chi connectivity index (χ4n) is 4.64. The number of rotatable bonds is 2. The number of hydrogen-bond acceptors (Lipinski definition) is 2. The van der Waals surface area contributed by atoms with Gasteiger partial charge in [0.1, 0.15) is 5.75 Å². The molecule has 0 amide bonds. The molecule has 1 N–H and O–H groups in total. The van der Waals surface area contributed by atoms with Crippen LogP contribution in [0.15, 0.2) is 18.2 Å². The molecule has 1 aliphatic heterocycles. The summed E-state index contributed by atoms with van der Waals surface area (Å²) >= 11 is 0. The molecular formula is C18H25NO. The molecule has 2 bridgehead atoms. The fraction of sp³-hybridized carbons (Fsp3) is 0.667. The average molecular weight is 271 g/mol. The molecular weight excluding hydrogens is 246 g/mol. The van der Waals surface area contributed by atoms with Gasteiger partial charge in [0.15, 0.2) is 0 Å². The molecule has 2 heteroatoms. The Hall–Kier alpha value is -1.02. The highest BCUT2D eigenvalue weighted by Gasteiger charge is 2.40. The van der Waals surface area contributed by atoms with Gasteiger partial charge in [-0.05, 0) is 56.4 Å². The third-order valence-corrected chi connectivity index (χ3v) is 5.65. The maximum absolute atomic E-state index is 6.00. The largest absolute Gasteiger partial charge is 0.493 e. The minimum Gasteiger partial charge on any atom is -0.493 e. The second kappa shape index (κ2) is 5.07. The van der Waals surface area contributed by atoms with Gasteiger partial charge in [-0.2, -0.15) is 0 Å². The molecule has 1 heterocycles. The Labute approximate surface area is 121 Å². The van der Waals surface area contributed by atoms with E-state index in [1.165, 1.54) is 43.2 Å². The third-order valence-electron chi connectivity index (χ3n) is 5.65. The highest BCUT2D eigenvalue weighted by molar-refractivity contribution is 5.43. The number of fused-ring (bicyclic) bond motifs is 3. The fourth-order valence-corrected chi connectivity index (χ4v) is 4.64. The molecule has 2 aliphatic carbocycles. The van der Waals surface area contributed by atoms with Crippen LogP contribution >= 0.6 is 0 Å². The molecule has 108 valence electrons. The Morgan fingerprint density at radius 2 is 2.10 bits per heavy atom. The van der Waals surface area contributed by atoms with Crippen molar-refractivity contribution in [1.82, 2.24) is 5.32 Å². The molecule has 4 rings (SSSR count). The predicted octanol–water partition coefficient (Wildman–Crippen LogP) is 3.99. The zero-order valence-electron chi connectivity index (χ0n) is 12.4. The van der Waals surface area contributed by atoms with Crippen LogP contribution in [0.2, 0.25) is 0 Å². The molecule has 0 radical (unpaired) electrons. The first-order valence-electron chi connectivity index (χ1n) is 8.29. The summed E-state index contributed by atoms with van der Waals surface area (Å²) in [5, 5.41) is 3.99. The minimum absolute atomic E-state index is 0.497. The van der Waals surface area contributed by atoms with E-state index in [1.54, 1.807) is 0 Å². The SMILES string of the molecule is Cc1cccc2c1OCCCC2NC1CC2CCC1C2. The van der Waals surface area contributed by atoms with Crippen LogP contribution in [0.1, 0.15) is 55.7 Å². The van der Waals surface area contributed by atoms with Gasteiger partial charge in [-0.1, -0.05) is 24.6 Å². The Morgan fingerprint density at radius 1 is 1.15 bits per heavy atom. The Kier molecular flexibility index (Phi) is 3.22. The third kappa shape index (κ3) is 2.14. The zero-order valence-corrected chi connectivity index (χ0v) is 12.4. The lowest BCUT2D eigenvalue weighted by atomic mass is 9.92. The van der Waals surface area contributed by atoms with Gasteiger partial charge in [0.05, 0.1) is 6.61 Å². The summed E-state index contributed by atoms with van der Waals surface area (Å²) in [7, 11) is 0. The van der Waals surface area contributed by atoms with E-state index in [-0.39, 0.29) is 0 Å². The van der Waals surface area contributed by atoms with E-state index >= 15 is 0 Å². The van der Waals surface area contributed by atoms with Crippen molar-refractivity contribution in [3.63, 3.8) is 0 Å². The molecule has 4 unspecified atom stereocenters. The summed E-state index contributed by atoms with van der Waals surface area (Å²) in [6, 6.07) is 7.86. The molecule has 0 saturated heterocycles. The zero-order chi connectivity index (χ0) is 13.5. The minimum atomic E-state index is 0.497. The normalized spacial score (nSPS) is 35.5. The first kappa shape index (κ1) is 12.7. The van der Waals surface area contributed by atoms with E-state index in [0.717, 1.165) is 36.7 Å². The van der Waals surface area contributed by atoms with E-state index in [4.69, 9.17) is 4.74 Å². The summed E-state index contributed by atoms with van der Waals surface area (Å²) in [4.78, 5) is 0. The number of ether oxygens (including phenoxy) is 1. The van der Waals surface area contributed by atoms with Crippen LogP contribution in [-0.2, 0) is 0 Å². The van der Waals surface area contributed by atoms with Gasteiger partial charge < -0.3 is 10.1 Å². The molecule has 1 aromatic rings. The molecule has 0 spiro atoms. The smallest absolute Gasteiger partial charge is 0.126 e. The first-order chi connectivity index (χ1) is 9.81. The van der Waals surface area contributed by atoms with E-state index in [2.05, 4.69) is 30.4 Å². The molecule has 1 aromatic carbocycles. The van der Waals surface area contributed by atoms with Crippen LogP contribution in [0.25, 0.3) is 0 Å². The van der Waals surface area contributed by atoms with E-state index in [0.29, 0.717) is 6.04 Å². The van der Waals surface area contributed by atoms with E-state index in [9.17, 15) is 0 Å². The van der Waals surface area contributed by atoms with Crippen LogP contribution in [0, 0.1) is 18.8 Å². The number of benzene rings is 1. The summed E-state index contributed by atoms with van der Waals surface area (Å²) in [6.45, 7) is 3.03. The van der Waals surface area contributed by atoms with Crippen molar-refractivity contribution >= 4 is 0 Å². The quantitative estimate of drug-likeness (QED) is 0.878. The van der Waals surface area contributed by atoms with Gasteiger partial charge in [-0.3, -0.25) is 0 Å². The molecule has 4 atom stereocenters. The van der Waals surface area contributed by atoms with Crippen LogP contribution in [0.5, 0.6) is 5.75 Å². The Bertz CT molecular complexity index is 498. The van der Waals surface area contributed by atoms with Crippen molar-refractivity contribution in [2.24, 2.45) is 11.8 Å². The average Bonchev–Trinajstić information content (AvgIpc) is 3.00. The highest BCUT2D eigenvalue weighted by Crippen LogP contribution is 2.46. The van der Waals surface area contributed by atoms with Crippen molar-refractivity contribution in [2.75, 3.05) is 6.61 Å². The second-order valence-corrected chi connectivity index (χ2v) is 6.98. The van der Waals surface area contributed by atoms with Crippen LogP contribution in [0.4, 0.5) is 0 Å². The lowest BCUT2D eigenvalue weighted by molar-refractivity contribution is 0.301. The maximum atomic E-state index is 6.00. The van der Waals surface area contributed by atoms with Gasteiger partial charge in [-0.25, -0.2) is 0 Å². The lowest BCUT2D eigenvalue weighted by Crippen LogP contribution is -2.36. The summed E-state index contributed by atoms with van der Waals surface area (Å²) < 4.78 is 6.00. The highest BCUT2D eigenvalue weighted by atomic mass is 16.5. The van der Waals surface area contributed by atoms with Gasteiger partial charge in [-0.15, -0.1) is 0 Å². The van der Waals surface area contributed by atoms with Gasteiger partial charge in [0.25, 0.3) is 0 Å². The van der Waals surface area contributed by atoms with Crippen molar-refractivity contribution in [1.29, 1.82) is 0 Å². The number of nitrogens with one attached hydrogen (secondary N) is 1. The van der Waals surface area contributed by atoms with Crippen molar-refractivity contribution in [3.8, 4) is 5.75 Å². The first-order valence-corrected chi connectivity index (χ1v) is 8.29. The lowest BCUT2D eigenvalue weighted by Gasteiger charge is -2.29. The monoisotopic (exact) mass is 271 g/mol. The molecule has 2 saturated carbocycles. The van der Waals surface area contributed by atoms with E-state index in [1.807, 2.05) is 0 Å². The molecule has 3 aliphatic rings. The van der Waals surface area contributed by atoms with Crippen LogP contribution in [0.3, 0.4) is 0 Å². The van der Waals surface area contributed by atoms with Crippen molar-refractivity contribution < 1.29 is 4.74 Å². The maximum Gasteiger partial charge on any atom is 0.126 e. The number of para-hydroxylation sites is 1. The van der Waals surface area contributed by atoms with Gasteiger partial charge >= 0.3 is 0 Å².